The maximum absolute atomic E-state index is 12.6. The van der Waals surface area contributed by atoms with Gasteiger partial charge in [-0.1, -0.05) is 25.0 Å². The fourth-order valence-corrected chi connectivity index (χ4v) is 5.56. The number of ether oxygens (including phenoxy) is 1. The molecule has 1 aliphatic heterocycles. The lowest BCUT2D eigenvalue weighted by Gasteiger charge is -2.30. The van der Waals surface area contributed by atoms with Crippen molar-refractivity contribution in [3.8, 4) is 5.75 Å². The van der Waals surface area contributed by atoms with Crippen molar-refractivity contribution < 1.29 is 9.53 Å². The second-order valence-corrected chi connectivity index (χ2v) is 10.4. The van der Waals surface area contributed by atoms with E-state index in [1.165, 1.54) is 24.6 Å². The van der Waals surface area contributed by atoms with E-state index in [4.69, 9.17) is 14.7 Å². The first-order valence-electron chi connectivity index (χ1n) is 12.6. The number of benzene rings is 1. The molecule has 0 bridgehead atoms. The van der Waals surface area contributed by atoms with Crippen LogP contribution in [0.2, 0.25) is 0 Å². The molecule has 0 amide bonds. The number of nitrogens with zero attached hydrogens (tertiary/aromatic N) is 4. The van der Waals surface area contributed by atoms with Crippen molar-refractivity contribution in [3.05, 3.63) is 41.6 Å². The minimum atomic E-state index is 0.249. The molecule has 1 aromatic carbocycles. The van der Waals surface area contributed by atoms with Gasteiger partial charge in [0.1, 0.15) is 5.78 Å². The molecule has 5 rings (SSSR count). The van der Waals surface area contributed by atoms with Crippen LogP contribution in [0.1, 0.15) is 36.9 Å². The molecule has 2 aliphatic rings. The van der Waals surface area contributed by atoms with Crippen LogP contribution >= 0.6 is 11.8 Å². The van der Waals surface area contributed by atoms with E-state index in [0.29, 0.717) is 34.7 Å². The van der Waals surface area contributed by atoms with E-state index in [9.17, 15) is 4.79 Å². The fraction of sp³-hybridized carbons (Fsp3) is 0.462. The van der Waals surface area contributed by atoms with Gasteiger partial charge in [-0.25, -0.2) is 9.97 Å². The van der Waals surface area contributed by atoms with Crippen molar-refractivity contribution in [2.75, 3.05) is 43.5 Å². The minimum absolute atomic E-state index is 0.249. The molecule has 0 radical (unpaired) electrons. The number of rotatable bonds is 9. The quantitative estimate of drug-likeness (QED) is 0.369. The summed E-state index contributed by atoms with van der Waals surface area (Å²) in [7, 11) is 1.64. The molecule has 0 atom stereocenters. The molecule has 1 saturated heterocycles. The molecule has 2 fully saturated rings. The Kier molecular flexibility index (Phi) is 7.72. The van der Waals surface area contributed by atoms with Gasteiger partial charge in [0.15, 0.2) is 22.6 Å². The summed E-state index contributed by atoms with van der Waals surface area (Å²) in [6, 6.07) is 10.1. The molecule has 1 saturated carbocycles. The predicted octanol–water partition coefficient (Wildman–Crippen LogP) is 4.12. The molecular weight excluding hydrogens is 474 g/mol. The zero-order valence-corrected chi connectivity index (χ0v) is 21.7. The maximum atomic E-state index is 12.6. The molecule has 9 nitrogen and oxygen atoms in total. The Balaban J connectivity index is 1.38. The average Bonchev–Trinajstić information content (AvgIpc) is 3.58. The van der Waals surface area contributed by atoms with Crippen molar-refractivity contribution in [1.82, 2.24) is 25.5 Å². The van der Waals surface area contributed by atoms with Gasteiger partial charge in [0.2, 0.25) is 5.75 Å². The van der Waals surface area contributed by atoms with Crippen molar-refractivity contribution in [3.63, 3.8) is 0 Å². The Hall–Kier alpha value is -3.11. The van der Waals surface area contributed by atoms with Crippen LogP contribution in [0.5, 0.6) is 5.75 Å². The van der Waals surface area contributed by atoms with E-state index >= 15 is 0 Å². The molecule has 3 N–H and O–H groups in total. The summed E-state index contributed by atoms with van der Waals surface area (Å²) in [5.41, 5.74) is 2.01. The van der Waals surface area contributed by atoms with Gasteiger partial charge >= 0.3 is 0 Å². The number of Topliss-reactive ketones (excluding diaryl/α,β-unsaturated/α-hetero) is 1. The first-order valence-corrected chi connectivity index (χ1v) is 13.4. The molecule has 3 heterocycles. The molecule has 190 valence electrons. The van der Waals surface area contributed by atoms with Crippen LogP contribution in [-0.4, -0.2) is 59.2 Å². The summed E-state index contributed by atoms with van der Waals surface area (Å²) in [5, 5.41) is 14.5. The van der Waals surface area contributed by atoms with E-state index in [1.54, 1.807) is 7.11 Å². The number of aromatic amines is 1. The molecule has 10 heteroatoms. The number of aryl methyl sites for hydroxylation is 1. The highest BCUT2D eigenvalue weighted by Crippen LogP contribution is 2.38. The Bertz CT molecular complexity index is 1190. The number of methoxy groups -OCH3 is 1. The average molecular weight is 508 g/mol. The van der Waals surface area contributed by atoms with Gasteiger partial charge in [0.05, 0.1) is 7.11 Å². The Morgan fingerprint density at radius 2 is 1.92 bits per heavy atom. The Labute approximate surface area is 215 Å². The van der Waals surface area contributed by atoms with E-state index < -0.39 is 0 Å². The summed E-state index contributed by atoms with van der Waals surface area (Å²) < 4.78 is 5.78. The fourth-order valence-electron chi connectivity index (χ4n) is 4.81. The lowest BCUT2D eigenvalue weighted by Crippen LogP contribution is -2.44. The second-order valence-electron chi connectivity index (χ2n) is 9.38. The third-order valence-corrected chi connectivity index (χ3v) is 7.59. The summed E-state index contributed by atoms with van der Waals surface area (Å²) in [4.78, 5) is 25.5. The van der Waals surface area contributed by atoms with Crippen LogP contribution in [-0.2, 0) is 11.2 Å². The first kappa shape index (κ1) is 24.6. The highest BCUT2D eigenvalue weighted by atomic mass is 32.2. The van der Waals surface area contributed by atoms with Crippen LogP contribution in [0.4, 0.5) is 17.5 Å². The zero-order valence-electron chi connectivity index (χ0n) is 20.8. The largest absolute Gasteiger partial charge is 0.490 e. The van der Waals surface area contributed by atoms with E-state index in [-0.39, 0.29) is 5.92 Å². The summed E-state index contributed by atoms with van der Waals surface area (Å²) in [5.74, 6) is 3.24. The molecular formula is C26H33N7O2S. The van der Waals surface area contributed by atoms with Gasteiger partial charge < -0.3 is 20.3 Å². The minimum Gasteiger partial charge on any atom is -0.490 e. The highest BCUT2D eigenvalue weighted by Gasteiger charge is 2.24. The molecule has 2 aromatic heterocycles. The lowest BCUT2D eigenvalue weighted by molar-refractivity contribution is -0.122. The van der Waals surface area contributed by atoms with Gasteiger partial charge in [0.25, 0.3) is 0 Å². The zero-order chi connectivity index (χ0) is 24.9. The number of hydrogen-bond acceptors (Lipinski definition) is 9. The monoisotopic (exact) mass is 507 g/mol. The topological polar surface area (TPSA) is 108 Å². The van der Waals surface area contributed by atoms with Crippen molar-refractivity contribution in [1.29, 1.82) is 0 Å². The van der Waals surface area contributed by atoms with Gasteiger partial charge in [-0.3, -0.25) is 9.89 Å². The molecule has 0 unspecified atom stereocenters. The SMILES string of the molecule is COc1c(Nc2cc(C)[nH]n2)nc(Sc2ccc(CC(=O)C3CCCC3)cc2)nc1N1CCNCC1. The van der Waals surface area contributed by atoms with Gasteiger partial charge in [-0.2, -0.15) is 5.10 Å². The lowest BCUT2D eigenvalue weighted by atomic mass is 9.97. The third-order valence-electron chi connectivity index (χ3n) is 6.72. The van der Waals surface area contributed by atoms with Crippen molar-refractivity contribution >= 4 is 35.0 Å². The van der Waals surface area contributed by atoms with Gasteiger partial charge in [-0.05, 0) is 49.2 Å². The number of aromatic nitrogens is 4. The van der Waals surface area contributed by atoms with Crippen LogP contribution in [0.25, 0.3) is 0 Å². The smallest absolute Gasteiger partial charge is 0.204 e. The molecule has 36 heavy (non-hydrogen) atoms. The number of piperazine rings is 1. The molecule has 0 spiro atoms. The van der Waals surface area contributed by atoms with Crippen molar-refractivity contribution in [2.45, 2.75) is 49.1 Å². The number of carbonyl (C=O) groups is 1. The first-order chi connectivity index (χ1) is 17.6. The Morgan fingerprint density at radius 1 is 1.17 bits per heavy atom. The number of nitrogens with one attached hydrogen (secondary N) is 3. The number of H-pyrrole nitrogens is 1. The third kappa shape index (κ3) is 5.82. The number of ketones is 1. The number of hydrogen-bond donors (Lipinski definition) is 3. The highest BCUT2D eigenvalue weighted by molar-refractivity contribution is 7.99. The summed E-state index contributed by atoms with van der Waals surface area (Å²) >= 11 is 1.49. The van der Waals surface area contributed by atoms with Gasteiger partial charge in [-0.15, -0.1) is 0 Å². The Morgan fingerprint density at radius 3 is 2.58 bits per heavy atom. The maximum Gasteiger partial charge on any atom is 0.204 e. The van der Waals surface area contributed by atoms with Crippen LogP contribution in [0.15, 0.2) is 40.4 Å². The van der Waals surface area contributed by atoms with E-state index in [1.807, 2.05) is 37.3 Å². The van der Waals surface area contributed by atoms with E-state index in [0.717, 1.165) is 61.0 Å². The summed E-state index contributed by atoms with van der Waals surface area (Å²) in [6.45, 7) is 5.40. The van der Waals surface area contributed by atoms with Crippen LogP contribution in [0.3, 0.4) is 0 Å². The van der Waals surface area contributed by atoms with Crippen LogP contribution in [0, 0.1) is 12.8 Å². The van der Waals surface area contributed by atoms with Gasteiger partial charge in [0, 0.05) is 55.2 Å². The number of carbonyl (C=O) groups excluding carboxylic acids is 1. The summed E-state index contributed by atoms with van der Waals surface area (Å²) in [6.07, 6.45) is 4.97. The number of anilines is 3. The van der Waals surface area contributed by atoms with Crippen LogP contribution < -0.4 is 20.3 Å². The predicted molar refractivity (Wildman–Crippen MR) is 142 cm³/mol. The van der Waals surface area contributed by atoms with Crippen molar-refractivity contribution in [2.24, 2.45) is 5.92 Å². The molecule has 1 aliphatic carbocycles. The standard InChI is InChI=1S/C26H33N7O2S/c1-17-15-22(32-31-17)28-24-23(35-2)25(33-13-11-27-12-14-33)30-26(29-24)36-20-9-7-18(8-10-20)16-21(34)19-5-3-4-6-19/h7-10,15,19,27H,3-6,11-14,16H2,1-2H3,(H2,28,29,30,31,32). The van der Waals surface area contributed by atoms with E-state index in [2.05, 4.69) is 25.7 Å². The second kappa shape index (κ2) is 11.3. The normalized spacial score (nSPS) is 16.3. The molecule has 3 aromatic rings.